The molecule has 0 spiro atoms. The number of aromatic hydroxyl groups is 1. The van der Waals surface area contributed by atoms with Crippen molar-refractivity contribution in [1.29, 1.82) is 0 Å². The zero-order valence-electron chi connectivity index (χ0n) is 12.6. The van der Waals surface area contributed by atoms with Gasteiger partial charge in [0.05, 0.1) is 12.3 Å². The van der Waals surface area contributed by atoms with E-state index in [1.807, 2.05) is 20.8 Å². The summed E-state index contributed by atoms with van der Waals surface area (Å²) < 4.78 is 0. The first-order valence-corrected chi connectivity index (χ1v) is 7.90. The number of hydrogen-bond acceptors (Lipinski definition) is 4. The van der Waals surface area contributed by atoms with Crippen LogP contribution >= 0.6 is 11.8 Å². The molecule has 0 heterocycles. The summed E-state index contributed by atoms with van der Waals surface area (Å²) in [7, 11) is 0. The Labute approximate surface area is 129 Å². The van der Waals surface area contributed by atoms with Crippen LogP contribution in [-0.4, -0.2) is 46.7 Å². The maximum absolute atomic E-state index is 12.1. The third-order valence-electron chi connectivity index (χ3n) is 2.72. The maximum atomic E-state index is 12.1. The van der Waals surface area contributed by atoms with Crippen molar-refractivity contribution in [3.05, 3.63) is 24.3 Å². The zero-order chi connectivity index (χ0) is 15.8. The van der Waals surface area contributed by atoms with Crippen LogP contribution in [0, 0.1) is 0 Å². The van der Waals surface area contributed by atoms with Gasteiger partial charge < -0.3 is 15.3 Å². The molecule has 0 aliphatic rings. The first-order valence-electron chi connectivity index (χ1n) is 6.91. The molecule has 1 rings (SSSR count). The molecule has 0 aromatic heterocycles. The summed E-state index contributed by atoms with van der Waals surface area (Å²) in [6, 6.07) is 6.75. The van der Waals surface area contributed by atoms with Gasteiger partial charge in [0.1, 0.15) is 5.75 Å². The molecule has 6 heteroatoms. The molecule has 21 heavy (non-hydrogen) atoms. The normalized spacial score (nSPS) is 10.5. The lowest BCUT2D eigenvalue weighted by molar-refractivity contribution is -0.134. The van der Waals surface area contributed by atoms with Crippen LogP contribution < -0.4 is 5.32 Å². The lowest BCUT2D eigenvalue weighted by Crippen LogP contribution is -2.43. The number of carbonyl (C=O) groups excluding carboxylic acids is 2. The Morgan fingerprint density at radius 1 is 1.29 bits per heavy atom. The summed E-state index contributed by atoms with van der Waals surface area (Å²) >= 11 is 1.39. The van der Waals surface area contributed by atoms with E-state index in [0.29, 0.717) is 6.54 Å². The van der Waals surface area contributed by atoms with Crippen LogP contribution in [0.3, 0.4) is 0 Å². The summed E-state index contributed by atoms with van der Waals surface area (Å²) in [5.41, 5.74) is 0. The van der Waals surface area contributed by atoms with Crippen molar-refractivity contribution >= 4 is 23.6 Å². The average molecular weight is 310 g/mol. The number of rotatable bonds is 7. The lowest BCUT2D eigenvalue weighted by atomic mass is 10.3. The molecular formula is C15H22N2O3S. The molecule has 1 aromatic rings. The van der Waals surface area contributed by atoms with E-state index in [1.54, 1.807) is 24.3 Å². The number of thioether (sulfide) groups is 1. The Balaban J connectivity index is 2.47. The van der Waals surface area contributed by atoms with E-state index >= 15 is 0 Å². The van der Waals surface area contributed by atoms with Crippen molar-refractivity contribution < 1.29 is 14.7 Å². The van der Waals surface area contributed by atoms with E-state index in [-0.39, 0.29) is 35.9 Å². The highest BCUT2D eigenvalue weighted by molar-refractivity contribution is 8.00. The minimum atomic E-state index is -0.144. The first-order chi connectivity index (χ1) is 9.92. The molecule has 0 atom stereocenters. The molecule has 0 unspecified atom stereocenters. The quantitative estimate of drug-likeness (QED) is 0.754. The molecule has 1 aromatic carbocycles. The van der Waals surface area contributed by atoms with Crippen LogP contribution in [0.5, 0.6) is 5.75 Å². The minimum absolute atomic E-state index is 0.0673. The molecule has 2 N–H and O–H groups in total. The predicted molar refractivity (Wildman–Crippen MR) is 84.4 cm³/mol. The highest BCUT2D eigenvalue weighted by Crippen LogP contribution is 2.20. The number of nitrogens with one attached hydrogen (secondary N) is 1. The largest absolute Gasteiger partial charge is 0.508 e. The molecule has 0 saturated heterocycles. The van der Waals surface area contributed by atoms with E-state index in [0.717, 1.165) is 4.90 Å². The van der Waals surface area contributed by atoms with E-state index in [9.17, 15) is 14.7 Å². The average Bonchev–Trinajstić information content (AvgIpc) is 2.43. The first kappa shape index (κ1) is 17.4. The van der Waals surface area contributed by atoms with E-state index in [4.69, 9.17) is 0 Å². The van der Waals surface area contributed by atoms with E-state index < -0.39 is 0 Å². The number of amides is 2. The molecule has 5 nitrogen and oxygen atoms in total. The third kappa shape index (κ3) is 6.53. The second kappa shape index (κ2) is 8.56. The molecule has 0 radical (unpaired) electrons. The van der Waals surface area contributed by atoms with Gasteiger partial charge in [-0.25, -0.2) is 0 Å². The van der Waals surface area contributed by atoms with Gasteiger partial charge in [0, 0.05) is 17.5 Å². The van der Waals surface area contributed by atoms with Gasteiger partial charge in [-0.2, -0.15) is 0 Å². The van der Waals surface area contributed by atoms with Gasteiger partial charge in [-0.3, -0.25) is 9.59 Å². The van der Waals surface area contributed by atoms with Crippen LogP contribution in [0.2, 0.25) is 0 Å². The number of benzene rings is 1. The van der Waals surface area contributed by atoms with Crippen molar-refractivity contribution in [2.75, 3.05) is 18.8 Å². The number of nitrogens with zero attached hydrogens (tertiary/aromatic N) is 1. The highest BCUT2D eigenvalue weighted by atomic mass is 32.2. The summed E-state index contributed by atoms with van der Waals surface area (Å²) in [4.78, 5) is 26.3. The number of phenolic OH excluding ortho intramolecular Hbond substituents is 1. The number of carbonyl (C=O) groups is 2. The number of likely N-dealkylation sites (N-methyl/N-ethyl adjacent to an activating group) is 1. The van der Waals surface area contributed by atoms with Crippen LogP contribution in [0.25, 0.3) is 0 Å². The number of hydrogen-bond donors (Lipinski definition) is 2. The Morgan fingerprint density at radius 2 is 1.90 bits per heavy atom. The summed E-state index contributed by atoms with van der Waals surface area (Å²) in [5, 5.41) is 12.0. The Bertz CT molecular complexity index is 474. The van der Waals surface area contributed by atoms with E-state index in [2.05, 4.69) is 5.32 Å². The SMILES string of the molecule is CCN(CC(=O)NC(C)C)C(=O)CSc1ccc(O)cc1. The van der Waals surface area contributed by atoms with Crippen LogP contribution in [-0.2, 0) is 9.59 Å². The molecular weight excluding hydrogens is 288 g/mol. The Morgan fingerprint density at radius 3 is 2.43 bits per heavy atom. The second-order valence-electron chi connectivity index (χ2n) is 4.91. The van der Waals surface area contributed by atoms with Gasteiger partial charge >= 0.3 is 0 Å². The monoisotopic (exact) mass is 310 g/mol. The topological polar surface area (TPSA) is 69.6 Å². The van der Waals surface area contributed by atoms with Gasteiger partial charge in [0.15, 0.2) is 0 Å². The van der Waals surface area contributed by atoms with Crippen molar-refractivity contribution in [2.24, 2.45) is 0 Å². The van der Waals surface area contributed by atoms with Crippen LogP contribution in [0.15, 0.2) is 29.2 Å². The standard InChI is InChI=1S/C15H22N2O3S/c1-4-17(9-14(19)16-11(2)3)15(20)10-21-13-7-5-12(18)6-8-13/h5-8,11,18H,4,9-10H2,1-3H3,(H,16,19). The van der Waals surface area contributed by atoms with E-state index in [1.165, 1.54) is 16.7 Å². The smallest absolute Gasteiger partial charge is 0.239 e. The Hall–Kier alpha value is -1.69. The van der Waals surface area contributed by atoms with Crippen molar-refractivity contribution in [3.63, 3.8) is 0 Å². The van der Waals surface area contributed by atoms with Gasteiger partial charge in [0.2, 0.25) is 11.8 Å². The minimum Gasteiger partial charge on any atom is -0.508 e. The third-order valence-corrected chi connectivity index (χ3v) is 3.71. The van der Waals surface area contributed by atoms with Gasteiger partial charge in [0.25, 0.3) is 0 Å². The Kier molecular flexibility index (Phi) is 7.08. The molecule has 0 saturated carbocycles. The molecule has 116 valence electrons. The van der Waals surface area contributed by atoms with Crippen LogP contribution in [0.4, 0.5) is 0 Å². The molecule has 0 fully saturated rings. The maximum Gasteiger partial charge on any atom is 0.239 e. The molecule has 0 aliphatic heterocycles. The van der Waals surface area contributed by atoms with Gasteiger partial charge in [-0.1, -0.05) is 0 Å². The highest BCUT2D eigenvalue weighted by Gasteiger charge is 2.16. The summed E-state index contributed by atoms with van der Waals surface area (Å²) in [5.74, 6) is 0.253. The molecule has 0 bridgehead atoms. The summed E-state index contributed by atoms with van der Waals surface area (Å²) in [6.07, 6.45) is 0. The fourth-order valence-corrected chi connectivity index (χ4v) is 2.50. The van der Waals surface area contributed by atoms with Crippen LogP contribution in [0.1, 0.15) is 20.8 Å². The number of phenols is 1. The van der Waals surface area contributed by atoms with Crippen molar-refractivity contribution in [2.45, 2.75) is 31.7 Å². The van der Waals surface area contributed by atoms with Gasteiger partial charge in [-0.15, -0.1) is 11.8 Å². The second-order valence-corrected chi connectivity index (χ2v) is 5.96. The predicted octanol–water partition coefficient (Wildman–Crippen LogP) is 1.86. The molecule has 0 aliphatic carbocycles. The lowest BCUT2D eigenvalue weighted by Gasteiger charge is -2.21. The summed E-state index contributed by atoms with van der Waals surface area (Å²) in [6.45, 7) is 6.21. The van der Waals surface area contributed by atoms with Crippen molar-refractivity contribution in [1.82, 2.24) is 10.2 Å². The van der Waals surface area contributed by atoms with Crippen molar-refractivity contribution in [3.8, 4) is 5.75 Å². The fourth-order valence-electron chi connectivity index (χ4n) is 1.70. The molecule has 2 amide bonds. The zero-order valence-corrected chi connectivity index (χ0v) is 13.4. The van der Waals surface area contributed by atoms with Gasteiger partial charge in [-0.05, 0) is 45.0 Å². The fraction of sp³-hybridized carbons (Fsp3) is 0.467.